The number of nitrogens with one attached hydrogen (secondary N) is 3. The maximum Gasteiger partial charge on any atom is 0.257 e. The molecule has 0 aliphatic carbocycles. The molecule has 8 heteroatoms. The average molecular weight is 429 g/mol. The van der Waals surface area contributed by atoms with Crippen LogP contribution in [0.2, 0.25) is 5.02 Å². The van der Waals surface area contributed by atoms with Crippen LogP contribution in [0.1, 0.15) is 35.2 Å². The van der Waals surface area contributed by atoms with Gasteiger partial charge in [-0.1, -0.05) is 29.8 Å². The molecule has 3 amide bonds. The minimum Gasteiger partial charge on any atom is -0.362 e. The SMILES string of the molecule is O=C(CCCNC(=O)c1ccc(Cl)cc1)NNC(=O)CN1CCCc2ccccc21. The molecule has 1 aliphatic rings. The number of fused-ring (bicyclic) bond motifs is 1. The van der Waals surface area contributed by atoms with Crippen molar-refractivity contribution in [2.75, 3.05) is 24.5 Å². The van der Waals surface area contributed by atoms with E-state index in [4.69, 9.17) is 11.6 Å². The van der Waals surface area contributed by atoms with E-state index in [-0.39, 0.29) is 30.7 Å². The van der Waals surface area contributed by atoms with E-state index in [0.29, 0.717) is 23.6 Å². The van der Waals surface area contributed by atoms with E-state index in [1.165, 1.54) is 5.56 Å². The molecule has 158 valence electrons. The van der Waals surface area contributed by atoms with E-state index >= 15 is 0 Å². The number of hydrazine groups is 1. The Hall–Kier alpha value is -3.06. The first-order valence-electron chi connectivity index (χ1n) is 9.97. The summed E-state index contributed by atoms with van der Waals surface area (Å²) < 4.78 is 0. The lowest BCUT2D eigenvalue weighted by Crippen LogP contribution is -2.47. The molecule has 7 nitrogen and oxygen atoms in total. The van der Waals surface area contributed by atoms with Crippen LogP contribution in [-0.4, -0.2) is 37.4 Å². The molecule has 0 saturated carbocycles. The number of nitrogens with zero attached hydrogens (tertiary/aromatic N) is 1. The van der Waals surface area contributed by atoms with Crippen LogP contribution in [0.4, 0.5) is 5.69 Å². The van der Waals surface area contributed by atoms with Gasteiger partial charge in [0, 0.05) is 35.8 Å². The molecule has 0 aromatic heterocycles. The van der Waals surface area contributed by atoms with E-state index in [1.807, 2.05) is 23.1 Å². The summed E-state index contributed by atoms with van der Waals surface area (Å²) in [5.41, 5.74) is 7.71. The second-order valence-electron chi connectivity index (χ2n) is 7.12. The summed E-state index contributed by atoms with van der Waals surface area (Å²) in [7, 11) is 0. The van der Waals surface area contributed by atoms with Gasteiger partial charge in [-0.15, -0.1) is 0 Å². The molecule has 0 spiro atoms. The second-order valence-corrected chi connectivity index (χ2v) is 7.55. The number of benzene rings is 2. The average Bonchev–Trinajstić information content (AvgIpc) is 2.76. The van der Waals surface area contributed by atoms with Crippen LogP contribution in [0.25, 0.3) is 0 Å². The van der Waals surface area contributed by atoms with Gasteiger partial charge < -0.3 is 10.2 Å². The zero-order valence-electron chi connectivity index (χ0n) is 16.6. The Labute approximate surface area is 180 Å². The van der Waals surface area contributed by atoms with Gasteiger partial charge in [0.15, 0.2) is 0 Å². The van der Waals surface area contributed by atoms with Gasteiger partial charge >= 0.3 is 0 Å². The number of anilines is 1. The standard InChI is InChI=1S/C22H25ClN4O3/c23-18-11-9-17(10-12-18)22(30)24-13-3-8-20(28)25-26-21(29)15-27-14-4-6-16-5-1-2-7-19(16)27/h1-2,5,7,9-12H,3-4,6,8,13-15H2,(H,24,30)(H,25,28)(H,26,29). The minimum absolute atomic E-state index is 0.188. The highest BCUT2D eigenvalue weighted by Crippen LogP contribution is 2.26. The van der Waals surface area contributed by atoms with Crippen LogP contribution < -0.4 is 21.1 Å². The summed E-state index contributed by atoms with van der Waals surface area (Å²) in [4.78, 5) is 38.1. The topological polar surface area (TPSA) is 90.5 Å². The Morgan fingerprint density at radius 2 is 1.70 bits per heavy atom. The quantitative estimate of drug-likeness (QED) is 0.466. The molecular weight excluding hydrogens is 404 g/mol. The molecule has 0 saturated heterocycles. The third-order valence-corrected chi connectivity index (χ3v) is 5.11. The monoisotopic (exact) mass is 428 g/mol. The largest absolute Gasteiger partial charge is 0.362 e. The van der Waals surface area contributed by atoms with Crippen LogP contribution >= 0.6 is 11.6 Å². The number of carbonyl (C=O) groups is 3. The number of halogens is 1. The maximum absolute atomic E-state index is 12.2. The molecule has 2 aromatic carbocycles. The van der Waals surface area contributed by atoms with Crippen molar-refractivity contribution < 1.29 is 14.4 Å². The van der Waals surface area contributed by atoms with Crippen LogP contribution in [0, 0.1) is 0 Å². The van der Waals surface area contributed by atoms with Crippen molar-refractivity contribution in [2.24, 2.45) is 0 Å². The Morgan fingerprint density at radius 1 is 0.967 bits per heavy atom. The molecule has 0 bridgehead atoms. The predicted molar refractivity (Wildman–Crippen MR) is 116 cm³/mol. The lowest BCUT2D eigenvalue weighted by molar-refractivity contribution is -0.128. The molecule has 0 atom stereocenters. The van der Waals surface area contributed by atoms with E-state index in [0.717, 1.165) is 25.1 Å². The van der Waals surface area contributed by atoms with Crippen molar-refractivity contribution in [2.45, 2.75) is 25.7 Å². The Bertz CT molecular complexity index is 902. The highest BCUT2D eigenvalue weighted by molar-refractivity contribution is 6.30. The predicted octanol–water partition coefficient (Wildman–Crippen LogP) is 2.45. The fraction of sp³-hybridized carbons (Fsp3) is 0.318. The molecular formula is C22H25ClN4O3. The lowest BCUT2D eigenvalue weighted by atomic mass is 10.0. The van der Waals surface area contributed by atoms with Crippen molar-refractivity contribution in [3.05, 3.63) is 64.7 Å². The molecule has 0 radical (unpaired) electrons. The van der Waals surface area contributed by atoms with Gasteiger partial charge in [0.25, 0.3) is 11.8 Å². The van der Waals surface area contributed by atoms with E-state index < -0.39 is 0 Å². The highest BCUT2D eigenvalue weighted by atomic mass is 35.5. The summed E-state index contributed by atoms with van der Waals surface area (Å²) in [5, 5.41) is 3.31. The zero-order chi connectivity index (χ0) is 21.3. The summed E-state index contributed by atoms with van der Waals surface area (Å²) in [6.07, 6.45) is 2.66. The van der Waals surface area contributed by atoms with Gasteiger partial charge in [-0.25, -0.2) is 0 Å². The van der Waals surface area contributed by atoms with Crippen molar-refractivity contribution in [3.8, 4) is 0 Å². The van der Waals surface area contributed by atoms with Crippen molar-refractivity contribution in [1.82, 2.24) is 16.2 Å². The van der Waals surface area contributed by atoms with Gasteiger partial charge in [0.1, 0.15) is 0 Å². The third kappa shape index (κ3) is 6.22. The first-order chi connectivity index (χ1) is 14.5. The number of hydrogen-bond acceptors (Lipinski definition) is 4. The smallest absolute Gasteiger partial charge is 0.257 e. The van der Waals surface area contributed by atoms with Crippen molar-refractivity contribution >= 4 is 35.0 Å². The fourth-order valence-corrected chi connectivity index (χ4v) is 3.47. The van der Waals surface area contributed by atoms with E-state index in [2.05, 4.69) is 22.2 Å². The molecule has 0 fully saturated rings. The molecule has 1 aliphatic heterocycles. The number of aryl methyl sites for hydroxylation is 1. The summed E-state index contributed by atoms with van der Waals surface area (Å²) in [6, 6.07) is 14.6. The second kappa shape index (κ2) is 10.6. The Balaban J connectivity index is 1.32. The van der Waals surface area contributed by atoms with Gasteiger partial charge in [-0.3, -0.25) is 25.2 Å². The van der Waals surface area contributed by atoms with Gasteiger partial charge in [0.2, 0.25) is 5.91 Å². The highest BCUT2D eigenvalue weighted by Gasteiger charge is 2.18. The number of carbonyl (C=O) groups excluding carboxylic acids is 3. The van der Waals surface area contributed by atoms with Gasteiger partial charge in [0.05, 0.1) is 6.54 Å². The summed E-state index contributed by atoms with van der Waals surface area (Å²) >= 11 is 5.80. The number of hydrogen-bond donors (Lipinski definition) is 3. The first-order valence-corrected chi connectivity index (χ1v) is 10.3. The van der Waals surface area contributed by atoms with Crippen molar-refractivity contribution in [3.63, 3.8) is 0 Å². The number of rotatable bonds is 7. The molecule has 2 aromatic rings. The first kappa shape index (κ1) is 21.6. The van der Waals surface area contributed by atoms with E-state index in [9.17, 15) is 14.4 Å². The van der Waals surface area contributed by atoms with Gasteiger partial charge in [-0.05, 0) is 55.2 Å². The molecule has 3 N–H and O–H groups in total. The molecule has 30 heavy (non-hydrogen) atoms. The van der Waals surface area contributed by atoms with Crippen LogP contribution in [0.3, 0.4) is 0 Å². The summed E-state index contributed by atoms with van der Waals surface area (Å²) in [5.74, 6) is -0.790. The fourth-order valence-electron chi connectivity index (χ4n) is 3.34. The van der Waals surface area contributed by atoms with Crippen LogP contribution in [0.5, 0.6) is 0 Å². The zero-order valence-corrected chi connectivity index (χ0v) is 17.4. The Morgan fingerprint density at radius 3 is 2.50 bits per heavy atom. The molecule has 0 unspecified atom stereocenters. The lowest BCUT2D eigenvalue weighted by Gasteiger charge is -2.30. The number of amides is 3. The minimum atomic E-state index is -0.303. The van der Waals surface area contributed by atoms with Crippen LogP contribution in [-0.2, 0) is 16.0 Å². The third-order valence-electron chi connectivity index (χ3n) is 4.85. The van der Waals surface area contributed by atoms with E-state index in [1.54, 1.807) is 24.3 Å². The van der Waals surface area contributed by atoms with Crippen molar-refractivity contribution in [1.29, 1.82) is 0 Å². The number of para-hydroxylation sites is 1. The maximum atomic E-state index is 12.2. The molecule has 1 heterocycles. The summed E-state index contributed by atoms with van der Waals surface area (Å²) in [6.45, 7) is 1.35. The normalized spacial score (nSPS) is 12.6. The molecule has 3 rings (SSSR count). The Kier molecular flexibility index (Phi) is 7.68. The van der Waals surface area contributed by atoms with Crippen LogP contribution in [0.15, 0.2) is 48.5 Å². The van der Waals surface area contributed by atoms with Gasteiger partial charge in [-0.2, -0.15) is 0 Å².